The smallest absolute Gasteiger partial charge is 0.297 e. The van der Waals surface area contributed by atoms with Crippen LogP contribution in [0.3, 0.4) is 0 Å². The lowest BCUT2D eigenvalue weighted by molar-refractivity contribution is 0.0969. The van der Waals surface area contributed by atoms with Crippen LogP contribution in [0.5, 0.6) is 11.5 Å². The van der Waals surface area contributed by atoms with E-state index in [9.17, 15) is 14.0 Å². The van der Waals surface area contributed by atoms with Crippen LogP contribution in [0.15, 0.2) is 64.1 Å². The third-order valence-electron chi connectivity index (χ3n) is 6.11. The average Bonchev–Trinajstić information content (AvgIpc) is 3.20. The number of methoxy groups -OCH3 is 1. The van der Waals surface area contributed by atoms with Crippen LogP contribution in [-0.2, 0) is 0 Å². The first-order chi connectivity index (χ1) is 17.5. The third-order valence-corrected chi connectivity index (χ3v) is 6.11. The SMILES string of the molecule is CCCCCOc1ccc(C2c3c(oc4ccc(F)cc4c3=O)C(=O)N2c2ncccn2)cc1OC. The highest BCUT2D eigenvalue weighted by Crippen LogP contribution is 2.42. The zero-order chi connectivity index (χ0) is 25.2. The summed E-state index contributed by atoms with van der Waals surface area (Å²) in [5, 5.41) is 0.0465. The number of benzene rings is 2. The zero-order valence-electron chi connectivity index (χ0n) is 19.9. The Balaban J connectivity index is 1.67. The van der Waals surface area contributed by atoms with E-state index >= 15 is 0 Å². The van der Waals surface area contributed by atoms with Crippen LogP contribution < -0.4 is 19.8 Å². The van der Waals surface area contributed by atoms with E-state index in [0.717, 1.165) is 25.3 Å². The number of hydrogen-bond acceptors (Lipinski definition) is 7. The third kappa shape index (κ3) is 4.06. The van der Waals surface area contributed by atoms with Crippen molar-refractivity contribution in [3.8, 4) is 11.5 Å². The van der Waals surface area contributed by atoms with Crippen LogP contribution in [0.2, 0.25) is 0 Å². The van der Waals surface area contributed by atoms with Gasteiger partial charge in [0, 0.05) is 12.4 Å². The van der Waals surface area contributed by atoms with E-state index in [2.05, 4.69) is 16.9 Å². The summed E-state index contributed by atoms with van der Waals surface area (Å²) < 4.78 is 31.3. The second-order valence-electron chi connectivity index (χ2n) is 8.41. The predicted octanol–water partition coefficient (Wildman–Crippen LogP) is 5.05. The number of carbonyl (C=O) groups excluding carboxylic acids is 1. The molecule has 0 radical (unpaired) electrons. The first-order valence-corrected chi connectivity index (χ1v) is 11.7. The van der Waals surface area contributed by atoms with Crippen molar-refractivity contribution in [3.63, 3.8) is 0 Å². The van der Waals surface area contributed by atoms with Gasteiger partial charge in [-0.15, -0.1) is 0 Å². The van der Waals surface area contributed by atoms with E-state index in [4.69, 9.17) is 13.9 Å². The highest BCUT2D eigenvalue weighted by molar-refractivity contribution is 6.09. The maximum absolute atomic E-state index is 14.0. The number of carbonyl (C=O) groups is 1. The lowest BCUT2D eigenvalue weighted by Gasteiger charge is -2.23. The summed E-state index contributed by atoms with van der Waals surface area (Å²) in [7, 11) is 1.52. The van der Waals surface area contributed by atoms with Crippen molar-refractivity contribution in [2.24, 2.45) is 0 Å². The largest absolute Gasteiger partial charge is 0.493 e. The minimum Gasteiger partial charge on any atom is -0.493 e. The molecule has 0 aliphatic carbocycles. The lowest BCUT2D eigenvalue weighted by atomic mass is 9.98. The second-order valence-corrected chi connectivity index (χ2v) is 8.41. The standard InChI is InChI=1S/C27H24FN3O5/c1-3-4-5-13-35-20-9-7-16(14-21(20)34-2)23-22-24(32)18-15-17(28)8-10-19(18)36-25(22)26(33)31(23)27-29-11-6-12-30-27/h6-12,14-15,23H,3-5,13H2,1-2H3. The number of unbranched alkanes of at least 4 members (excludes halogenated alkanes) is 2. The fourth-order valence-corrected chi connectivity index (χ4v) is 4.39. The molecule has 1 amide bonds. The summed E-state index contributed by atoms with van der Waals surface area (Å²) in [6.45, 7) is 2.66. The quantitative estimate of drug-likeness (QED) is 0.320. The van der Waals surface area contributed by atoms with Crippen LogP contribution in [-0.4, -0.2) is 29.6 Å². The van der Waals surface area contributed by atoms with Crippen LogP contribution in [0.4, 0.5) is 10.3 Å². The van der Waals surface area contributed by atoms with Gasteiger partial charge in [0.2, 0.25) is 11.7 Å². The topological polar surface area (TPSA) is 94.8 Å². The first kappa shape index (κ1) is 23.5. The van der Waals surface area contributed by atoms with E-state index in [1.807, 2.05) is 0 Å². The number of hydrogen-bond donors (Lipinski definition) is 0. The van der Waals surface area contributed by atoms with E-state index in [-0.39, 0.29) is 28.2 Å². The van der Waals surface area contributed by atoms with E-state index < -0.39 is 23.2 Å². The normalized spacial score (nSPS) is 14.8. The summed E-state index contributed by atoms with van der Waals surface area (Å²) >= 11 is 0. The molecule has 2 aromatic carbocycles. The second kappa shape index (κ2) is 9.77. The molecule has 1 unspecified atom stereocenters. The number of anilines is 1. The summed E-state index contributed by atoms with van der Waals surface area (Å²) in [5.41, 5.74) is 0.275. The van der Waals surface area contributed by atoms with Gasteiger partial charge in [-0.1, -0.05) is 25.8 Å². The molecule has 0 fully saturated rings. The molecule has 9 heteroatoms. The Morgan fingerprint density at radius 2 is 1.86 bits per heavy atom. The monoisotopic (exact) mass is 489 g/mol. The van der Waals surface area contributed by atoms with Crippen LogP contribution in [0.25, 0.3) is 11.0 Å². The van der Waals surface area contributed by atoms with Crippen molar-refractivity contribution in [1.82, 2.24) is 9.97 Å². The van der Waals surface area contributed by atoms with Crippen molar-refractivity contribution >= 4 is 22.8 Å². The number of ether oxygens (including phenoxy) is 2. The summed E-state index contributed by atoms with van der Waals surface area (Å²) in [6, 6.07) is 9.56. The highest BCUT2D eigenvalue weighted by Gasteiger charge is 2.45. The molecule has 2 aromatic heterocycles. The van der Waals surface area contributed by atoms with Crippen LogP contribution in [0, 0.1) is 5.82 Å². The van der Waals surface area contributed by atoms with Gasteiger partial charge in [-0.2, -0.15) is 0 Å². The summed E-state index contributed by atoms with van der Waals surface area (Å²) in [4.78, 5) is 36.9. The number of nitrogens with zero attached hydrogens (tertiary/aromatic N) is 3. The maximum Gasteiger partial charge on any atom is 0.297 e. The summed E-state index contributed by atoms with van der Waals surface area (Å²) in [6.07, 6.45) is 6.05. The van der Waals surface area contributed by atoms with Crippen LogP contribution in [0.1, 0.15) is 53.9 Å². The van der Waals surface area contributed by atoms with Crippen molar-refractivity contribution in [3.05, 3.63) is 87.8 Å². The fourth-order valence-electron chi connectivity index (χ4n) is 4.39. The molecule has 1 atom stereocenters. The molecule has 1 aliphatic rings. The zero-order valence-corrected chi connectivity index (χ0v) is 19.9. The van der Waals surface area contributed by atoms with Crippen molar-refractivity contribution in [1.29, 1.82) is 0 Å². The van der Waals surface area contributed by atoms with Gasteiger partial charge in [0.05, 0.1) is 30.7 Å². The lowest BCUT2D eigenvalue weighted by Crippen LogP contribution is -2.31. The molecule has 0 saturated carbocycles. The Labute approximate surface area is 206 Å². The minimum absolute atomic E-state index is 0.0465. The van der Waals surface area contributed by atoms with Crippen molar-refractivity contribution in [2.75, 3.05) is 18.6 Å². The van der Waals surface area contributed by atoms with Gasteiger partial charge in [-0.3, -0.25) is 14.5 Å². The van der Waals surface area contributed by atoms with Crippen molar-refractivity contribution in [2.45, 2.75) is 32.2 Å². The van der Waals surface area contributed by atoms with Gasteiger partial charge in [0.1, 0.15) is 11.4 Å². The molecule has 0 bridgehead atoms. The molecule has 3 heterocycles. The average molecular weight is 490 g/mol. The Morgan fingerprint density at radius 3 is 2.61 bits per heavy atom. The molecule has 0 saturated heterocycles. The molecule has 0 N–H and O–H groups in total. The Morgan fingerprint density at radius 1 is 1.06 bits per heavy atom. The molecule has 36 heavy (non-hydrogen) atoms. The van der Waals surface area contributed by atoms with E-state index in [1.165, 1.54) is 36.5 Å². The van der Waals surface area contributed by atoms with Crippen LogP contribution >= 0.6 is 0 Å². The van der Waals surface area contributed by atoms with Gasteiger partial charge in [-0.05, 0) is 48.4 Å². The maximum atomic E-state index is 14.0. The van der Waals surface area contributed by atoms with E-state index in [0.29, 0.717) is 23.7 Å². The van der Waals surface area contributed by atoms with Crippen molar-refractivity contribution < 1.29 is 23.1 Å². The summed E-state index contributed by atoms with van der Waals surface area (Å²) in [5.74, 6) is -0.164. The van der Waals surface area contributed by atoms with Gasteiger partial charge in [-0.25, -0.2) is 14.4 Å². The Kier molecular flexibility index (Phi) is 6.37. The van der Waals surface area contributed by atoms with Gasteiger partial charge < -0.3 is 13.9 Å². The molecular weight excluding hydrogens is 465 g/mol. The number of amides is 1. The number of fused-ring (bicyclic) bond motifs is 2. The number of halogens is 1. The predicted molar refractivity (Wildman–Crippen MR) is 131 cm³/mol. The van der Waals surface area contributed by atoms with E-state index in [1.54, 1.807) is 24.3 Å². The number of rotatable bonds is 8. The van der Waals surface area contributed by atoms with Gasteiger partial charge in [0.15, 0.2) is 16.9 Å². The fraction of sp³-hybridized carbons (Fsp3) is 0.259. The molecule has 184 valence electrons. The van der Waals surface area contributed by atoms with Gasteiger partial charge >= 0.3 is 0 Å². The highest BCUT2D eigenvalue weighted by atomic mass is 19.1. The van der Waals surface area contributed by atoms with Gasteiger partial charge in [0.25, 0.3) is 5.91 Å². The first-order valence-electron chi connectivity index (χ1n) is 11.7. The molecule has 4 aromatic rings. The molecular formula is C27H24FN3O5. The molecule has 5 rings (SSSR count). The number of aromatic nitrogens is 2. The molecule has 8 nitrogen and oxygen atoms in total. The molecule has 1 aliphatic heterocycles. The Bertz CT molecular complexity index is 1490. The molecule has 0 spiro atoms. The minimum atomic E-state index is -0.915. The Hall–Kier alpha value is -4.27.